The summed E-state index contributed by atoms with van der Waals surface area (Å²) in [7, 11) is -3.35. The van der Waals surface area contributed by atoms with Crippen molar-refractivity contribution in [3.05, 3.63) is 64.8 Å². The van der Waals surface area contributed by atoms with Gasteiger partial charge in [0.1, 0.15) is 5.76 Å². The summed E-state index contributed by atoms with van der Waals surface area (Å²) in [5, 5.41) is 2.81. The first-order chi connectivity index (χ1) is 9.08. The van der Waals surface area contributed by atoms with E-state index in [1.54, 1.807) is 35.9 Å². The predicted molar refractivity (Wildman–Crippen MR) is 77.5 cm³/mol. The number of furan rings is 1. The number of aryl methyl sites for hydroxylation is 1. The third kappa shape index (κ3) is 4.01. The Labute approximate surface area is 117 Å². The van der Waals surface area contributed by atoms with Crippen molar-refractivity contribution in [1.82, 2.24) is 0 Å². The second-order valence-corrected chi connectivity index (χ2v) is 6.75. The quantitative estimate of drug-likeness (QED) is 0.842. The first-order valence-corrected chi connectivity index (χ1v) is 8.30. The minimum Gasteiger partial charge on any atom is -0.468 e. The molecule has 0 aliphatic rings. The number of hydrogen-bond acceptors (Lipinski definition) is 4. The Kier molecular flexibility index (Phi) is 4.50. The van der Waals surface area contributed by atoms with Gasteiger partial charge in [-0.05, 0) is 36.6 Å². The van der Waals surface area contributed by atoms with Crippen LogP contribution in [-0.2, 0) is 15.6 Å². The van der Waals surface area contributed by atoms with E-state index in [-0.39, 0.29) is 0 Å². The van der Waals surface area contributed by atoms with Crippen molar-refractivity contribution in [2.45, 2.75) is 17.6 Å². The molecule has 100 valence electrons. The summed E-state index contributed by atoms with van der Waals surface area (Å²) in [5.41, 5.74) is 1.04. The lowest BCUT2D eigenvalue weighted by molar-refractivity contribution is 0.530. The molecule has 1 aromatic heterocycles. The summed E-state index contributed by atoms with van der Waals surface area (Å²) in [6.45, 7) is 1.92. The molecule has 0 saturated carbocycles. The molecular formula is C14H14O3S2. The van der Waals surface area contributed by atoms with Crippen LogP contribution in [0.2, 0.25) is 0 Å². The zero-order valence-electron chi connectivity index (χ0n) is 10.4. The first-order valence-electron chi connectivity index (χ1n) is 5.70. The van der Waals surface area contributed by atoms with Gasteiger partial charge in [0.15, 0.2) is 9.84 Å². The molecule has 0 aliphatic carbocycles. The molecule has 19 heavy (non-hydrogen) atoms. The number of sulfone groups is 1. The first kappa shape index (κ1) is 14.0. The normalized spacial score (nSPS) is 12.1. The molecule has 3 nitrogen and oxygen atoms in total. The average Bonchev–Trinajstić information content (AvgIpc) is 2.88. The molecule has 5 heteroatoms. The highest BCUT2D eigenvalue weighted by Crippen LogP contribution is 2.17. The van der Waals surface area contributed by atoms with Gasteiger partial charge in [0.05, 0.1) is 16.9 Å². The molecule has 2 rings (SSSR count). The second-order valence-electron chi connectivity index (χ2n) is 4.02. The van der Waals surface area contributed by atoms with Gasteiger partial charge >= 0.3 is 0 Å². The monoisotopic (exact) mass is 294 g/mol. The van der Waals surface area contributed by atoms with Crippen LogP contribution in [0.1, 0.15) is 11.3 Å². The zero-order chi connectivity index (χ0) is 13.7. The largest absolute Gasteiger partial charge is 0.468 e. The lowest BCUT2D eigenvalue weighted by Gasteiger charge is -1.99. The molecule has 2 aromatic rings. The lowest BCUT2D eigenvalue weighted by Crippen LogP contribution is -1.95. The van der Waals surface area contributed by atoms with Gasteiger partial charge in [-0.25, -0.2) is 8.42 Å². The molecular weight excluding hydrogens is 280 g/mol. The molecule has 0 spiro atoms. The summed E-state index contributed by atoms with van der Waals surface area (Å²) in [6.07, 6.45) is 1.60. The minimum atomic E-state index is -3.35. The molecule has 0 amide bonds. The van der Waals surface area contributed by atoms with Crippen LogP contribution < -0.4 is 0 Å². The smallest absolute Gasteiger partial charge is 0.200 e. The van der Waals surface area contributed by atoms with Gasteiger partial charge in [0.25, 0.3) is 0 Å². The van der Waals surface area contributed by atoms with Gasteiger partial charge in [0, 0.05) is 5.41 Å². The molecule has 0 N–H and O–H groups in total. The summed E-state index contributed by atoms with van der Waals surface area (Å²) in [6, 6.07) is 10.5. The fourth-order valence-electron chi connectivity index (χ4n) is 1.44. The van der Waals surface area contributed by atoms with E-state index in [9.17, 15) is 8.42 Å². The van der Waals surface area contributed by atoms with Crippen LogP contribution in [-0.4, -0.2) is 8.42 Å². The SMILES string of the molecule is Cc1ccc(S(=O)(=O)/C=C\SCc2ccco2)cc1. The maximum absolute atomic E-state index is 12.0. The standard InChI is InChI=1S/C14H14O3S2/c1-12-4-6-14(7-5-12)19(15,16)10-9-18-11-13-3-2-8-17-13/h2-10H,11H2,1H3/b10-9-. The Bertz CT molecular complexity index is 639. The maximum Gasteiger partial charge on any atom is 0.200 e. The molecule has 1 heterocycles. The summed E-state index contributed by atoms with van der Waals surface area (Å²) < 4.78 is 29.1. The van der Waals surface area contributed by atoms with E-state index in [0.717, 1.165) is 11.3 Å². The van der Waals surface area contributed by atoms with E-state index < -0.39 is 9.84 Å². The average molecular weight is 294 g/mol. The lowest BCUT2D eigenvalue weighted by atomic mass is 10.2. The van der Waals surface area contributed by atoms with Crippen molar-refractivity contribution in [2.75, 3.05) is 0 Å². The van der Waals surface area contributed by atoms with Crippen LogP contribution in [0.5, 0.6) is 0 Å². The van der Waals surface area contributed by atoms with Crippen molar-refractivity contribution in [2.24, 2.45) is 0 Å². The summed E-state index contributed by atoms with van der Waals surface area (Å²) in [5.74, 6) is 1.44. The summed E-state index contributed by atoms with van der Waals surface area (Å²) >= 11 is 1.38. The topological polar surface area (TPSA) is 47.3 Å². The number of hydrogen-bond donors (Lipinski definition) is 0. The Balaban J connectivity index is 1.99. The van der Waals surface area contributed by atoms with E-state index >= 15 is 0 Å². The highest BCUT2D eigenvalue weighted by Gasteiger charge is 2.09. The highest BCUT2D eigenvalue weighted by molar-refractivity contribution is 8.02. The van der Waals surface area contributed by atoms with Crippen LogP contribution in [0.15, 0.2) is 62.8 Å². The van der Waals surface area contributed by atoms with E-state index in [1.165, 1.54) is 17.2 Å². The van der Waals surface area contributed by atoms with E-state index in [1.807, 2.05) is 19.1 Å². The van der Waals surface area contributed by atoms with Crippen molar-refractivity contribution >= 4 is 21.6 Å². The highest BCUT2D eigenvalue weighted by atomic mass is 32.2. The van der Waals surface area contributed by atoms with E-state index in [2.05, 4.69) is 0 Å². The molecule has 0 radical (unpaired) electrons. The van der Waals surface area contributed by atoms with Crippen molar-refractivity contribution in [1.29, 1.82) is 0 Å². The predicted octanol–water partition coefficient (Wildman–Crippen LogP) is 3.77. The number of rotatable bonds is 5. The molecule has 1 aromatic carbocycles. The van der Waals surface area contributed by atoms with Gasteiger partial charge in [-0.1, -0.05) is 17.7 Å². The summed E-state index contributed by atoms with van der Waals surface area (Å²) in [4.78, 5) is 0.313. The van der Waals surface area contributed by atoms with Crippen LogP contribution in [0.25, 0.3) is 0 Å². The van der Waals surface area contributed by atoms with Crippen LogP contribution in [0, 0.1) is 6.92 Å². The van der Waals surface area contributed by atoms with Gasteiger partial charge in [0.2, 0.25) is 0 Å². The molecule has 0 atom stereocenters. The molecule has 0 saturated heterocycles. The van der Waals surface area contributed by atoms with Crippen molar-refractivity contribution < 1.29 is 12.8 Å². The van der Waals surface area contributed by atoms with E-state index in [0.29, 0.717) is 10.6 Å². The Morgan fingerprint density at radius 3 is 2.58 bits per heavy atom. The molecule has 0 fully saturated rings. The Morgan fingerprint density at radius 1 is 1.21 bits per heavy atom. The maximum atomic E-state index is 12.0. The van der Waals surface area contributed by atoms with Gasteiger partial charge in [-0.15, -0.1) is 11.8 Å². The van der Waals surface area contributed by atoms with Gasteiger partial charge in [-0.2, -0.15) is 0 Å². The van der Waals surface area contributed by atoms with Crippen molar-refractivity contribution in [3.8, 4) is 0 Å². The molecule has 0 bridgehead atoms. The zero-order valence-corrected chi connectivity index (χ0v) is 12.1. The third-order valence-corrected chi connectivity index (χ3v) is 4.86. The van der Waals surface area contributed by atoms with Gasteiger partial charge < -0.3 is 4.42 Å². The molecule has 0 unspecified atom stereocenters. The van der Waals surface area contributed by atoms with Crippen LogP contribution in [0.4, 0.5) is 0 Å². The Hall–Kier alpha value is -1.46. The minimum absolute atomic E-state index is 0.313. The van der Waals surface area contributed by atoms with E-state index in [4.69, 9.17) is 4.42 Å². The molecule has 0 aliphatic heterocycles. The van der Waals surface area contributed by atoms with Crippen LogP contribution in [0.3, 0.4) is 0 Å². The van der Waals surface area contributed by atoms with Gasteiger partial charge in [-0.3, -0.25) is 0 Å². The fourth-order valence-corrected chi connectivity index (χ4v) is 3.44. The third-order valence-electron chi connectivity index (χ3n) is 2.49. The number of benzene rings is 1. The fraction of sp³-hybridized carbons (Fsp3) is 0.143. The van der Waals surface area contributed by atoms with Crippen LogP contribution >= 0.6 is 11.8 Å². The Morgan fingerprint density at radius 2 is 1.95 bits per heavy atom. The van der Waals surface area contributed by atoms with Crippen molar-refractivity contribution in [3.63, 3.8) is 0 Å². The second kappa shape index (κ2) is 6.12. The number of thioether (sulfide) groups is 1.